The van der Waals surface area contributed by atoms with Crippen molar-refractivity contribution in [3.8, 4) is 0 Å². The van der Waals surface area contributed by atoms with E-state index in [0.717, 1.165) is 43.7 Å². The van der Waals surface area contributed by atoms with Crippen molar-refractivity contribution in [1.29, 1.82) is 0 Å². The average molecular weight is 373 g/mol. The van der Waals surface area contributed by atoms with Crippen LogP contribution < -0.4 is 4.90 Å². The first-order chi connectivity index (χ1) is 12.6. The van der Waals surface area contributed by atoms with E-state index in [2.05, 4.69) is 24.8 Å². The first-order valence-electron chi connectivity index (χ1n) is 10.4. The molecule has 0 spiro atoms. The van der Waals surface area contributed by atoms with Crippen molar-refractivity contribution in [1.82, 2.24) is 4.90 Å². The van der Waals surface area contributed by atoms with Crippen LogP contribution in [0.2, 0.25) is 0 Å². The predicted molar refractivity (Wildman–Crippen MR) is 111 cm³/mol. The minimum atomic E-state index is -0.474. The molecule has 1 aromatic carbocycles. The number of aryl methyl sites for hydroxylation is 1. The van der Waals surface area contributed by atoms with E-state index in [9.17, 15) is 9.90 Å². The molecule has 0 bridgehead atoms. The number of nitrogens with zero attached hydrogens (tertiary/aromatic N) is 2. The Morgan fingerprint density at radius 3 is 2.63 bits per heavy atom. The van der Waals surface area contributed by atoms with Crippen LogP contribution in [0.3, 0.4) is 0 Å². The highest BCUT2D eigenvalue weighted by Gasteiger charge is 2.32. The minimum Gasteiger partial charge on any atom is -0.387 e. The molecule has 1 saturated heterocycles. The third kappa shape index (κ3) is 4.72. The van der Waals surface area contributed by atoms with Gasteiger partial charge in [-0.1, -0.05) is 46.8 Å². The number of carbonyl (C=O) groups excluding carboxylic acids is 1. The van der Waals surface area contributed by atoms with Crippen molar-refractivity contribution in [3.63, 3.8) is 0 Å². The molecule has 0 unspecified atom stereocenters. The molecular formula is C23H36N2O2. The second kappa shape index (κ2) is 7.56. The first-order valence-corrected chi connectivity index (χ1v) is 10.4. The fourth-order valence-electron chi connectivity index (χ4n) is 4.49. The summed E-state index contributed by atoms with van der Waals surface area (Å²) in [4.78, 5) is 17.1. The maximum atomic E-state index is 12.8. The number of likely N-dealkylation sites (tertiary alicyclic amines) is 1. The summed E-state index contributed by atoms with van der Waals surface area (Å²) in [5, 5.41) is 10.8. The molecule has 1 atom stereocenters. The SMILES string of the molecule is CC1(C)CCCN(C[C@@H](O)c2ccc3c(c2)CCCN3C(=O)C(C)(C)C)C1. The Kier molecular flexibility index (Phi) is 5.69. The van der Waals surface area contributed by atoms with Gasteiger partial charge in [0, 0.05) is 30.7 Å². The smallest absolute Gasteiger partial charge is 0.232 e. The average Bonchev–Trinajstić information content (AvgIpc) is 2.58. The van der Waals surface area contributed by atoms with Crippen LogP contribution >= 0.6 is 0 Å². The van der Waals surface area contributed by atoms with Crippen LogP contribution in [0, 0.1) is 10.8 Å². The Labute approximate surface area is 164 Å². The number of carbonyl (C=O) groups is 1. The highest BCUT2D eigenvalue weighted by atomic mass is 16.3. The van der Waals surface area contributed by atoms with Gasteiger partial charge in [-0.25, -0.2) is 0 Å². The zero-order valence-corrected chi connectivity index (χ0v) is 17.7. The van der Waals surface area contributed by atoms with E-state index in [4.69, 9.17) is 0 Å². The third-order valence-corrected chi connectivity index (χ3v) is 5.90. The van der Waals surface area contributed by atoms with Crippen molar-refractivity contribution in [2.45, 2.75) is 66.4 Å². The van der Waals surface area contributed by atoms with Crippen molar-refractivity contribution >= 4 is 11.6 Å². The summed E-state index contributed by atoms with van der Waals surface area (Å²) >= 11 is 0. The van der Waals surface area contributed by atoms with Gasteiger partial charge in [-0.3, -0.25) is 9.69 Å². The summed E-state index contributed by atoms with van der Waals surface area (Å²) in [5.74, 6) is 0.173. The largest absolute Gasteiger partial charge is 0.387 e. The molecule has 27 heavy (non-hydrogen) atoms. The summed E-state index contributed by atoms with van der Waals surface area (Å²) in [6.07, 6.45) is 3.94. The molecule has 2 aliphatic rings. The zero-order valence-electron chi connectivity index (χ0n) is 17.7. The van der Waals surface area contributed by atoms with Gasteiger partial charge in [-0.05, 0) is 54.8 Å². The lowest BCUT2D eigenvalue weighted by Gasteiger charge is -2.39. The Balaban J connectivity index is 1.74. The number of fused-ring (bicyclic) bond motifs is 1. The summed E-state index contributed by atoms with van der Waals surface area (Å²) in [6.45, 7) is 14.1. The standard InChI is InChI=1S/C23H36N2O2/c1-22(2,3)21(27)25-13-6-8-17-14-18(9-10-19(17)25)20(26)15-24-12-7-11-23(4,5)16-24/h9-10,14,20,26H,6-8,11-13,15-16H2,1-5H3/t20-/m1/s1. The Hall–Kier alpha value is -1.39. The minimum absolute atomic E-state index is 0.173. The number of benzene rings is 1. The molecule has 3 rings (SSSR count). The molecule has 1 fully saturated rings. The molecule has 1 aromatic rings. The highest BCUT2D eigenvalue weighted by molar-refractivity contribution is 5.98. The van der Waals surface area contributed by atoms with Crippen molar-refractivity contribution in [3.05, 3.63) is 29.3 Å². The second-order valence-electron chi connectivity index (χ2n) is 10.2. The third-order valence-electron chi connectivity index (χ3n) is 5.90. The van der Waals surface area contributed by atoms with Crippen LogP contribution in [0.4, 0.5) is 5.69 Å². The number of hydrogen-bond acceptors (Lipinski definition) is 3. The lowest BCUT2D eigenvalue weighted by Crippen LogP contribution is -2.42. The van der Waals surface area contributed by atoms with Gasteiger partial charge in [0.05, 0.1) is 6.10 Å². The number of aliphatic hydroxyl groups excluding tert-OH is 1. The van der Waals surface area contributed by atoms with E-state index in [0.29, 0.717) is 12.0 Å². The molecule has 1 amide bonds. The number of amides is 1. The zero-order chi connectivity index (χ0) is 19.8. The van der Waals surface area contributed by atoms with E-state index in [1.54, 1.807) is 0 Å². The summed E-state index contributed by atoms with van der Waals surface area (Å²) in [6, 6.07) is 6.17. The van der Waals surface area contributed by atoms with E-state index in [1.165, 1.54) is 18.4 Å². The Bertz CT molecular complexity index is 690. The fourth-order valence-corrected chi connectivity index (χ4v) is 4.49. The monoisotopic (exact) mass is 372 g/mol. The van der Waals surface area contributed by atoms with E-state index >= 15 is 0 Å². The van der Waals surface area contributed by atoms with Gasteiger partial charge in [0.25, 0.3) is 0 Å². The van der Waals surface area contributed by atoms with Crippen LogP contribution in [0.5, 0.6) is 0 Å². The number of hydrogen-bond donors (Lipinski definition) is 1. The van der Waals surface area contributed by atoms with E-state index < -0.39 is 6.10 Å². The van der Waals surface area contributed by atoms with Crippen LogP contribution in [0.15, 0.2) is 18.2 Å². The fraction of sp³-hybridized carbons (Fsp3) is 0.696. The number of rotatable bonds is 3. The molecule has 2 heterocycles. The van der Waals surface area contributed by atoms with Gasteiger partial charge < -0.3 is 10.0 Å². The lowest BCUT2D eigenvalue weighted by atomic mass is 9.84. The molecule has 0 saturated carbocycles. The lowest BCUT2D eigenvalue weighted by molar-refractivity contribution is -0.125. The summed E-state index contributed by atoms with van der Waals surface area (Å²) in [5.41, 5.74) is 3.14. The van der Waals surface area contributed by atoms with E-state index in [-0.39, 0.29) is 11.3 Å². The second-order valence-corrected chi connectivity index (χ2v) is 10.2. The first kappa shape index (κ1) is 20.3. The van der Waals surface area contributed by atoms with Crippen LogP contribution in [0.1, 0.15) is 71.1 Å². The van der Waals surface area contributed by atoms with Crippen LogP contribution in [0.25, 0.3) is 0 Å². The maximum Gasteiger partial charge on any atom is 0.232 e. The van der Waals surface area contributed by atoms with Gasteiger partial charge >= 0.3 is 0 Å². The topological polar surface area (TPSA) is 43.8 Å². The van der Waals surface area contributed by atoms with Gasteiger partial charge in [0.1, 0.15) is 0 Å². The molecular weight excluding hydrogens is 336 g/mol. The highest BCUT2D eigenvalue weighted by Crippen LogP contribution is 2.34. The van der Waals surface area contributed by atoms with Crippen molar-refractivity contribution < 1.29 is 9.90 Å². The van der Waals surface area contributed by atoms with Gasteiger partial charge in [0.2, 0.25) is 5.91 Å². The molecule has 150 valence electrons. The molecule has 1 N–H and O–H groups in total. The van der Waals surface area contributed by atoms with Crippen molar-refractivity contribution in [2.75, 3.05) is 31.1 Å². The molecule has 0 radical (unpaired) electrons. The molecule has 4 nitrogen and oxygen atoms in total. The van der Waals surface area contributed by atoms with Gasteiger partial charge in [-0.2, -0.15) is 0 Å². The Morgan fingerprint density at radius 1 is 1.22 bits per heavy atom. The number of β-amino-alcohol motifs (C(OH)–C–C–N with tert-alkyl or cyclic N) is 1. The quantitative estimate of drug-likeness (QED) is 0.866. The van der Waals surface area contributed by atoms with Crippen molar-refractivity contribution in [2.24, 2.45) is 10.8 Å². The molecule has 0 aromatic heterocycles. The molecule has 0 aliphatic carbocycles. The number of anilines is 1. The van der Waals surface area contributed by atoms with Gasteiger partial charge in [0.15, 0.2) is 0 Å². The maximum absolute atomic E-state index is 12.8. The Morgan fingerprint density at radius 2 is 1.96 bits per heavy atom. The van der Waals surface area contributed by atoms with Crippen LogP contribution in [-0.4, -0.2) is 42.1 Å². The van der Waals surface area contributed by atoms with E-state index in [1.807, 2.05) is 37.8 Å². The molecule has 2 aliphatic heterocycles. The number of aliphatic hydroxyl groups is 1. The summed E-state index contributed by atoms with van der Waals surface area (Å²) in [7, 11) is 0. The number of piperidine rings is 1. The van der Waals surface area contributed by atoms with Gasteiger partial charge in [-0.15, -0.1) is 0 Å². The molecule has 4 heteroatoms. The normalized spacial score (nSPS) is 21.6. The predicted octanol–water partition coefficient (Wildman–Crippen LogP) is 4.17. The summed E-state index contributed by atoms with van der Waals surface area (Å²) < 4.78 is 0. The van der Waals surface area contributed by atoms with Crippen LogP contribution in [-0.2, 0) is 11.2 Å².